The van der Waals surface area contributed by atoms with E-state index in [2.05, 4.69) is 20.8 Å². The molecule has 1 atom stereocenters. The molecule has 1 unspecified atom stereocenters. The molecule has 1 nitrogen and oxygen atoms in total. The molecule has 0 bridgehead atoms. The molecule has 2 heteroatoms. The van der Waals surface area contributed by atoms with Gasteiger partial charge in [0.05, 0.1) is 0 Å². The lowest BCUT2D eigenvalue weighted by molar-refractivity contribution is 0.326. The molecule has 1 aromatic rings. The van der Waals surface area contributed by atoms with Crippen molar-refractivity contribution in [3.8, 4) is 0 Å². The second kappa shape index (κ2) is 3.70. The number of hydrogen-bond acceptors (Lipinski definition) is 1. The standard InChI is InChI=1S/C12H18FN/c1-8-5-9(7-10(13)6-8)11(14)12(2,3)4/h5-7,11H,14H2,1-4H3. The molecule has 0 aromatic heterocycles. The first-order chi connectivity index (χ1) is 6.30. The first-order valence-corrected chi connectivity index (χ1v) is 4.83. The third-order valence-electron chi connectivity index (χ3n) is 2.36. The Balaban J connectivity index is 3.07. The van der Waals surface area contributed by atoms with Crippen molar-refractivity contribution in [3.05, 3.63) is 35.1 Å². The van der Waals surface area contributed by atoms with Crippen molar-refractivity contribution >= 4 is 0 Å². The fourth-order valence-corrected chi connectivity index (χ4v) is 1.44. The minimum Gasteiger partial charge on any atom is -0.324 e. The van der Waals surface area contributed by atoms with Crippen LogP contribution in [-0.2, 0) is 0 Å². The summed E-state index contributed by atoms with van der Waals surface area (Å²) in [7, 11) is 0. The normalized spacial score (nSPS) is 14.1. The molecule has 78 valence electrons. The van der Waals surface area contributed by atoms with Crippen molar-refractivity contribution in [3.63, 3.8) is 0 Å². The Kier molecular flexibility index (Phi) is 2.95. The highest BCUT2D eigenvalue weighted by Gasteiger charge is 2.22. The third-order valence-corrected chi connectivity index (χ3v) is 2.36. The summed E-state index contributed by atoms with van der Waals surface area (Å²) in [6, 6.07) is 4.85. The van der Waals surface area contributed by atoms with E-state index in [1.165, 1.54) is 12.1 Å². The van der Waals surface area contributed by atoms with Gasteiger partial charge in [-0.25, -0.2) is 4.39 Å². The Hall–Kier alpha value is -0.890. The van der Waals surface area contributed by atoms with E-state index in [1.807, 2.05) is 13.0 Å². The van der Waals surface area contributed by atoms with Crippen LogP contribution in [0, 0.1) is 18.2 Å². The van der Waals surface area contributed by atoms with Crippen LogP contribution in [0.5, 0.6) is 0 Å². The predicted molar refractivity (Wildman–Crippen MR) is 57.5 cm³/mol. The zero-order valence-electron chi connectivity index (χ0n) is 9.26. The van der Waals surface area contributed by atoms with Crippen molar-refractivity contribution in [2.24, 2.45) is 11.1 Å². The first-order valence-electron chi connectivity index (χ1n) is 4.83. The smallest absolute Gasteiger partial charge is 0.123 e. The topological polar surface area (TPSA) is 26.0 Å². The fraction of sp³-hybridized carbons (Fsp3) is 0.500. The molecule has 2 N–H and O–H groups in total. The molecule has 0 aliphatic heterocycles. The van der Waals surface area contributed by atoms with E-state index in [9.17, 15) is 4.39 Å². The molecule has 0 radical (unpaired) electrons. The zero-order valence-corrected chi connectivity index (χ0v) is 9.26. The van der Waals surface area contributed by atoms with Gasteiger partial charge in [-0.3, -0.25) is 0 Å². The summed E-state index contributed by atoms with van der Waals surface area (Å²) < 4.78 is 13.1. The summed E-state index contributed by atoms with van der Waals surface area (Å²) >= 11 is 0. The van der Waals surface area contributed by atoms with E-state index >= 15 is 0 Å². The van der Waals surface area contributed by atoms with Gasteiger partial charge >= 0.3 is 0 Å². The Morgan fingerprint density at radius 1 is 1.21 bits per heavy atom. The van der Waals surface area contributed by atoms with Gasteiger partial charge in [0, 0.05) is 6.04 Å². The maximum absolute atomic E-state index is 13.1. The quantitative estimate of drug-likeness (QED) is 0.731. The molecule has 0 spiro atoms. The van der Waals surface area contributed by atoms with Crippen LogP contribution in [-0.4, -0.2) is 0 Å². The van der Waals surface area contributed by atoms with Crippen LogP contribution in [0.25, 0.3) is 0 Å². The Morgan fingerprint density at radius 2 is 1.79 bits per heavy atom. The molecule has 0 saturated heterocycles. The summed E-state index contributed by atoms with van der Waals surface area (Å²) in [5.41, 5.74) is 7.79. The average molecular weight is 195 g/mol. The second-order valence-electron chi connectivity index (χ2n) is 4.91. The van der Waals surface area contributed by atoms with Crippen LogP contribution in [0.2, 0.25) is 0 Å². The van der Waals surface area contributed by atoms with Crippen molar-refractivity contribution in [1.29, 1.82) is 0 Å². The lowest BCUT2D eigenvalue weighted by atomic mass is 9.83. The molecule has 14 heavy (non-hydrogen) atoms. The number of aryl methyl sites for hydroxylation is 1. The van der Waals surface area contributed by atoms with Gasteiger partial charge in [0.2, 0.25) is 0 Å². The summed E-state index contributed by atoms with van der Waals surface area (Å²) in [6.07, 6.45) is 0. The van der Waals surface area contributed by atoms with Crippen LogP contribution in [0.3, 0.4) is 0 Å². The third kappa shape index (κ3) is 2.55. The van der Waals surface area contributed by atoms with Crippen LogP contribution < -0.4 is 5.73 Å². The van der Waals surface area contributed by atoms with Crippen molar-refractivity contribution in [2.75, 3.05) is 0 Å². The second-order valence-corrected chi connectivity index (χ2v) is 4.91. The van der Waals surface area contributed by atoms with Gasteiger partial charge in [-0.2, -0.15) is 0 Å². The molecular weight excluding hydrogens is 177 g/mol. The first kappa shape index (κ1) is 11.2. The zero-order chi connectivity index (χ0) is 10.9. The minimum atomic E-state index is -0.209. The number of benzene rings is 1. The Labute approximate surface area is 85.1 Å². The number of nitrogens with two attached hydrogens (primary N) is 1. The van der Waals surface area contributed by atoms with Gasteiger partial charge in [-0.15, -0.1) is 0 Å². The number of halogens is 1. The SMILES string of the molecule is Cc1cc(F)cc(C(N)C(C)(C)C)c1. The van der Waals surface area contributed by atoms with Gasteiger partial charge in [-0.05, 0) is 35.6 Å². The molecule has 0 fully saturated rings. The van der Waals surface area contributed by atoms with E-state index in [-0.39, 0.29) is 17.3 Å². The highest BCUT2D eigenvalue weighted by atomic mass is 19.1. The van der Waals surface area contributed by atoms with Gasteiger partial charge in [0.15, 0.2) is 0 Å². The predicted octanol–water partition coefficient (Wildman–Crippen LogP) is 3.18. The summed E-state index contributed by atoms with van der Waals surface area (Å²) in [5, 5.41) is 0. The molecule has 0 heterocycles. The van der Waals surface area contributed by atoms with Gasteiger partial charge in [-0.1, -0.05) is 26.8 Å². The van der Waals surface area contributed by atoms with Crippen LogP contribution in [0.1, 0.15) is 37.9 Å². The maximum Gasteiger partial charge on any atom is 0.123 e. The summed E-state index contributed by atoms with van der Waals surface area (Å²) in [4.78, 5) is 0. The van der Waals surface area contributed by atoms with E-state index in [0.29, 0.717) is 0 Å². The lowest BCUT2D eigenvalue weighted by Crippen LogP contribution is -2.26. The molecule has 0 saturated carbocycles. The molecule has 0 aliphatic rings. The minimum absolute atomic E-state index is 0.0414. The van der Waals surface area contributed by atoms with Gasteiger partial charge in [0.1, 0.15) is 5.82 Å². The van der Waals surface area contributed by atoms with E-state index in [4.69, 9.17) is 5.73 Å². The maximum atomic E-state index is 13.1. The van der Waals surface area contributed by atoms with E-state index < -0.39 is 0 Å². The van der Waals surface area contributed by atoms with Gasteiger partial charge < -0.3 is 5.73 Å². The molecular formula is C12H18FN. The summed E-state index contributed by atoms with van der Waals surface area (Å²) in [6.45, 7) is 8.04. The lowest BCUT2D eigenvalue weighted by Gasteiger charge is -2.27. The summed E-state index contributed by atoms with van der Waals surface area (Å²) in [5.74, 6) is -0.209. The fourth-order valence-electron chi connectivity index (χ4n) is 1.44. The molecule has 1 rings (SSSR count). The largest absolute Gasteiger partial charge is 0.324 e. The van der Waals surface area contributed by atoms with Crippen LogP contribution in [0.15, 0.2) is 18.2 Å². The van der Waals surface area contributed by atoms with Crippen LogP contribution in [0.4, 0.5) is 4.39 Å². The monoisotopic (exact) mass is 195 g/mol. The average Bonchev–Trinajstić information content (AvgIpc) is 1.99. The van der Waals surface area contributed by atoms with Gasteiger partial charge in [0.25, 0.3) is 0 Å². The molecule has 0 aliphatic carbocycles. The number of rotatable bonds is 1. The van der Waals surface area contributed by atoms with Crippen molar-refractivity contribution < 1.29 is 4.39 Å². The molecule has 0 amide bonds. The molecule has 1 aromatic carbocycles. The Morgan fingerprint density at radius 3 is 2.21 bits per heavy atom. The highest BCUT2D eigenvalue weighted by molar-refractivity contribution is 5.27. The van der Waals surface area contributed by atoms with E-state index in [0.717, 1.165) is 11.1 Å². The van der Waals surface area contributed by atoms with E-state index in [1.54, 1.807) is 0 Å². The van der Waals surface area contributed by atoms with Crippen LogP contribution >= 0.6 is 0 Å². The number of hydrogen-bond donors (Lipinski definition) is 1. The van der Waals surface area contributed by atoms with Crippen molar-refractivity contribution in [2.45, 2.75) is 33.7 Å². The van der Waals surface area contributed by atoms with Crippen molar-refractivity contribution in [1.82, 2.24) is 0 Å². The highest BCUT2D eigenvalue weighted by Crippen LogP contribution is 2.30. The Bertz CT molecular complexity index is 305.